The third-order valence-electron chi connectivity index (χ3n) is 2.82. The molecule has 4 nitrogen and oxygen atoms in total. The minimum atomic E-state index is -0.249. The molecule has 1 aliphatic heterocycles. The lowest BCUT2D eigenvalue weighted by Gasteiger charge is -2.22. The van der Waals surface area contributed by atoms with Crippen molar-refractivity contribution in [3.63, 3.8) is 0 Å². The smallest absolute Gasteiger partial charge is 0.338 e. The first-order valence-electron chi connectivity index (χ1n) is 5.64. The van der Waals surface area contributed by atoms with Gasteiger partial charge in [-0.15, -0.1) is 12.4 Å². The van der Waals surface area contributed by atoms with Crippen LogP contribution >= 0.6 is 12.4 Å². The highest BCUT2D eigenvalue weighted by molar-refractivity contribution is 5.89. The topological polar surface area (TPSA) is 51.2 Å². The fourth-order valence-corrected chi connectivity index (χ4v) is 1.81. The van der Waals surface area contributed by atoms with Gasteiger partial charge in [0.05, 0.1) is 12.2 Å². The highest BCUT2D eigenvalue weighted by Crippen LogP contribution is 2.12. The molecule has 0 unspecified atom stereocenters. The molecule has 0 amide bonds. The van der Waals surface area contributed by atoms with E-state index in [-0.39, 0.29) is 18.4 Å². The zero-order chi connectivity index (χ0) is 11.2. The predicted molar refractivity (Wildman–Crippen MR) is 67.4 cm³/mol. The van der Waals surface area contributed by atoms with Gasteiger partial charge >= 0.3 is 5.97 Å². The van der Waals surface area contributed by atoms with Crippen molar-refractivity contribution in [1.82, 2.24) is 10.3 Å². The van der Waals surface area contributed by atoms with E-state index in [1.807, 2.05) is 0 Å². The monoisotopic (exact) mass is 256 g/mol. The number of hydrogen-bond acceptors (Lipinski definition) is 4. The summed E-state index contributed by atoms with van der Waals surface area (Å²) in [5.41, 5.74) is 0.573. The molecule has 5 heteroatoms. The van der Waals surface area contributed by atoms with Crippen LogP contribution in [0.2, 0.25) is 0 Å². The highest BCUT2D eigenvalue weighted by atomic mass is 35.5. The number of rotatable bonds is 3. The van der Waals surface area contributed by atoms with Crippen LogP contribution in [0, 0.1) is 5.92 Å². The first-order chi connectivity index (χ1) is 7.86. The molecule has 0 saturated carbocycles. The minimum absolute atomic E-state index is 0. The van der Waals surface area contributed by atoms with Crippen LogP contribution in [0.3, 0.4) is 0 Å². The van der Waals surface area contributed by atoms with Crippen molar-refractivity contribution in [3.8, 4) is 0 Å². The second-order valence-corrected chi connectivity index (χ2v) is 4.03. The molecule has 94 valence electrons. The van der Waals surface area contributed by atoms with Gasteiger partial charge in [0.25, 0.3) is 0 Å². The number of carbonyl (C=O) groups is 1. The Hall–Kier alpha value is -1.13. The normalized spacial score (nSPS) is 16.0. The summed E-state index contributed by atoms with van der Waals surface area (Å²) >= 11 is 0. The molecular weight excluding hydrogens is 240 g/mol. The SMILES string of the molecule is Cl.O=C(OCC1CCNCC1)c1ccncc1. The number of esters is 1. The lowest BCUT2D eigenvalue weighted by atomic mass is 9.99. The maximum Gasteiger partial charge on any atom is 0.338 e. The first-order valence-corrected chi connectivity index (χ1v) is 5.64. The average molecular weight is 257 g/mol. The maximum absolute atomic E-state index is 11.6. The molecule has 0 atom stereocenters. The van der Waals surface area contributed by atoms with Crippen molar-refractivity contribution >= 4 is 18.4 Å². The van der Waals surface area contributed by atoms with Gasteiger partial charge in [-0.2, -0.15) is 0 Å². The third kappa shape index (κ3) is 4.32. The summed E-state index contributed by atoms with van der Waals surface area (Å²) in [4.78, 5) is 15.5. The molecule has 1 saturated heterocycles. The molecule has 0 aromatic carbocycles. The second-order valence-electron chi connectivity index (χ2n) is 4.03. The largest absolute Gasteiger partial charge is 0.462 e. The van der Waals surface area contributed by atoms with Crippen LogP contribution in [-0.4, -0.2) is 30.6 Å². The molecule has 17 heavy (non-hydrogen) atoms. The van der Waals surface area contributed by atoms with E-state index in [2.05, 4.69) is 10.3 Å². The zero-order valence-electron chi connectivity index (χ0n) is 9.59. The van der Waals surface area contributed by atoms with Gasteiger partial charge in [0, 0.05) is 12.4 Å². The van der Waals surface area contributed by atoms with Gasteiger partial charge in [-0.05, 0) is 44.0 Å². The van der Waals surface area contributed by atoms with E-state index < -0.39 is 0 Å². The molecule has 0 aliphatic carbocycles. The Balaban J connectivity index is 0.00000144. The average Bonchev–Trinajstić information content (AvgIpc) is 2.38. The molecule has 2 rings (SSSR count). The summed E-state index contributed by atoms with van der Waals surface area (Å²) in [6, 6.07) is 3.34. The van der Waals surface area contributed by atoms with Crippen LogP contribution in [0.5, 0.6) is 0 Å². The molecule has 2 heterocycles. The van der Waals surface area contributed by atoms with E-state index in [9.17, 15) is 4.79 Å². The fraction of sp³-hybridized carbons (Fsp3) is 0.500. The Morgan fingerprint density at radius 1 is 1.35 bits per heavy atom. The fourth-order valence-electron chi connectivity index (χ4n) is 1.81. The lowest BCUT2D eigenvalue weighted by Crippen LogP contribution is -2.30. The Bertz CT molecular complexity index is 340. The number of pyridine rings is 1. The number of carbonyl (C=O) groups excluding carboxylic acids is 1. The molecule has 1 fully saturated rings. The number of nitrogens with zero attached hydrogens (tertiary/aromatic N) is 1. The van der Waals surface area contributed by atoms with Crippen molar-refractivity contribution in [2.75, 3.05) is 19.7 Å². The number of aromatic nitrogens is 1. The Morgan fingerprint density at radius 3 is 2.65 bits per heavy atom. The van der Waals surface area contributed by atoms with Crippen molar-refractivity contribution in [2.45, 2.75) is 12.8 Å². The summed E-state index contributed by atoms with van der Waals surface area (Å²) in [6.07, 6.45) is 5.37. The molecule has 0 bridgehead atoms. The van der Waals surface area contributed by atoms with Crippen LogP contribution in [-0.2, 0) is 4.74 Å². The van der Waals surface area contributed by atoms with E-state index in [0.29, 0.717) is 18.1 Å². The van der Waals surface area contributed by atoms with Crippen molar-refractivity contribution in [3.05, 3.63) is 30.1 Å². The Labute approximate surface area is 107 Å². The number of halogens is 1. The van der Waals surface area contributed by atoms with Gasteiger partial charge < -0.3 is 10.1 Å². The Morgan fingerprint density at radius 2 is 2.00 bits per heavy atom. The van der Waals surface area contributed by atoms with E-state index in [1.54, 1.807) is 24.5 Å². The van der Waals surface area contributed by atoms with Crippen LogP contribution < -0.4 is 5.32 Å². The quantitative estimate of drug-likeness (QED) is 0.836. The Kier molecular flexibility index (Phi) is 5.94. The van der Waals surface area contributed by atoms with Crippen LogP contribution in [0.1, 0.15) is 23.2 Å². The van der Waals surface area contributed by atoms with Crippen molar-refractivity contribution in [2.24, 2.45) is 5.92 Å². The van der Waals surface area contributed by atoms with Gasteiger partial charge in [0.2, 0.25) is 0 Å². The van der Waals surface area contributed by atoms with Crippen LogP contribution in [0.25, 0.3) is 0 Å². The zero-order valence-corrected chi connectivity index (χ0v) is 10.4. The van der Waals surface area contributed by atoms with Crippen LogP contribution in [0.4, 0.5) is 0 Å². The minimum Gasteiger partial charge on any atom is -0.462 e. The number of ether oxygens (including phenoxy) is 1. The van der Waals surface area contributed by atoms with Gasteiger partial charge in [-0.25, -0.2) is 4.79 Å². The number of nitrogens with one attached hydrogen (secondary N) is 1. The first kappa shape index (κ1) is 13.9. The summed E-state index contributed by atoms with van der Waals surface area (Å²) in [5.74, 6) is 0.257. The lowest BCUT2D eigenvalue weighted by molar-refractivity contribution is 0.0415. The molecule has 1 aliphatic rings. The standard InChI is InChI=1S/C12H16N2O2.ClH/c15-12(11-3-7-14-8-4-11)16-9-10-1-5-13-6-2-10;/h3-4,7-8,10,13H,1-2,5-6,9H2;1H. The van der Waals surface area contributed by atoms with Crippen molar-refractivity contribution in [1.29, 1.82) is 0 Å². The summed E-state index contributed by atoms with van der Waals surface area (Å²) in [7, 11) is 0. The molecule has 0 radical (unpaired) electrons. The predicted octanol–water partition coefficient (Wildman–Crippen LogP) is 1.66. The van der Waals surface area contributed by atoms with E-state index in [4.69, 9.17) is 4.74 Å². The number of hydrogen-bond donors (Lipinski definition) is 1. The molecular formula is C12H17ClN2O2. The summed E-state index contributed by atoms with van der Waals surface area (Å²) in [5, 5.41) is 3.29. The van der Waals surface area contributed by atoms with Gasteiger partial charge in [0.15, 0.2) is 0 Å². The van der Waals surface area contributed by atoms with Crippen LogP contribution in [0.15, 0.2) is 24.5 Å². The number of piperidine rings is 1. The molecule has 0 spiro atoms. The van der Waals surface area contributed by atoms with Gasteiger partial charge in [-0.1, -0.05) is 0 Å². The summed E-state index contributed by atoms with van der Waals surface area (Å²) in [6.45, 7) is 2.58. The van der Waals surface area contributed by atoms with Crippen molar-refractivity contribution < 1.29 is 9.53 Å². The second kappa shape index (κ2) is 7.25. The van der Waals surface area contributed by atoms with E-state index in [0.717, 1.165) is 25.9 Å². The van der Waals surface area contributed by atoms with Gasteiger partial charge in [-0.3, -0.25) is 4.98 Å². The molecule has 1 aromatic heterocycles. The van der Waals surface area contributed by atoms with E-state index >= 15 is 0 Å². The van der Waals surface area contributed by atoms with Gasteiger partial charge in [0.1, 0.15) is 0 Å². The highest BCUT2D eigenvalue weighted by Gasteiger charge is 2.15. The molecule has 1 N–H and O–H groups in total. The summed E-state index contributed by atoms with van der Waals surface area (Å²) < 4.78 is 5.27. The third-order valence-corrected chi connectivity index (χ3v) is 2.82. The molecule has 1 aromatic rings. The maximum atomic E-state index is 11.6. The van der Waals surface area contributed by atoms with E-state index in [1.165, 1.54) is 0 Å².